The third-order valence-corrected chi connectivity index (χ3v) is 2.29. The highest BCUT2D eigenvalue weighted by molar-refractivity contribution is 8.00. The van der Waals surface area contributed by atoms with Crippen LogP contribution in [0.15, 0.2) is 34.2 Å². The topological polar surface area (TPSA) is 12.4 Å². The summed E-state index contributed by atoms with van der Waals surface area (Å²) in [5, 5.41) is 0. The van der Waals surface area contributed by atoms with Crippen LogP contribution in [0, 0.1) is 0 Å². The number of nitrogens with zero attached hydrogens (tertiary/aromatic N) is 1. The lowest BCUT2D eigenvalue weighted by atomic mass is 10.3. The van der Waals surface area contributed by atoms with E-state index in [1.807, 2.05) is 18.2 Å². The fourth-order valence-electron chi connectivity index (χ4n) is 0.899. The Morgan fingerprint density at radius 1 is 1.40 bits per heavy atom. The van der Waals surface area contributed by atoms with Gasteiger partial charge < -0.3 is 0 Å². The van der Waals surface area contributed by atoms with Gasteiger partial charge in [0, 0.05) is 10.6 Å². The Bertz CT molecular complexity index is 268. The molecule has 0 amide bonds. The van der Waals surface area contributed by atoms with Gasteiger partial charge in [-0.15, -0.1) is 11.8 Å². The van der Waals surface area contributed by atoms with Gasteiger partial charge in [-0.05, 0) is 12.1 Å². The predicted molar refractivity (Wildman–Crippen MR) is 44.3 cm³/mol. The van der Waals surface area contributed by atoms with Crippen molar-refractivity contribution < 1.29 is 0 Å². The first-order valence-corrected chi connectivity index (χ1v) is 4.11. The molecule has 0 aliphatic carbocycles. The second-order valence-electron chi connectivity index (χ2n) is 2.03. The minimum atomic E-state index is 0.886. The molecule has 1 aliphatic heterocycles. The maximum atomic E-state index is 4.12. The van der Waals surface area contributed by atoms with E-state index in [-0.39, 0.29) is 0 Å². The summed E-state index contributed by atoms with van der Waals surface area (Å²) in [5.74, 6) is 0.886. The molecular formula is C8H6NS. The van der Waals surface area contributed by atoms with Crippen LogP contribution >= 0.6 is 11.8 Å². The van der Waals surface area contributed by atoms with Gasteiger partial charge in [0.15, 0.2) is 0 Å². The van der Waals surface area contributed by atoms with E-state index < -0.39 is 0 Å². The van der Waals surface area contributed by atoms with Gasteiger partial charge in [-0.25, -0.2) is 4.99 Å². The van der Waals surface area contributed by atoms with Crippen LogP contribution in [-0.2, 0) is 0 Å². The minimum absolute atomic E-state index is 0.886. The second-order valence-corrected chi connectivity index (χ2v) is 3.04. The average molecular weight is 148 g/mol. The summed E-state index contributed by atoms with van der Waals surface area (Å²) in [6.07, 6.45) is 2.93. The molecule has 49 valence electrons. The molecule has 0 atom stereocenters. The first-order chi connectivity index (χ1) is 4.97. The summed E-state index contributed by atoms with van der Waals surface area (Å²) in [6, 6.07) is 8.13. The van der Waals surface area contributed by atoms with Gasteiger partial charge in [-0.3, -0.25) is 0 Å². The summed E-state index contributed by atoms with van der Waals surface area (Å²) < 4.78 is 0. The molecule has 10 heavy (non-hydrogen) atoms. The first-order valence-electron chi connectivity index (χ1n) is 3.12. The monoisotopic (exact) mass is 148 g/mol. The van der Waals surface area contributed by atoms with Crippen LogP contribution < -0.4 is 0 Å². The molecule has 0 saturated carbocycles. The Labute approximate surface area is 64.2 Å². The van der Waals surface area contributed by atoms with Crippen molar-refractivity contribution in [2.75, 3.05) is 5.75 Å². The third kappa shape index (κ3) is 0.948. The van der Waals surface area contributed by atoms with Crippen LogP contribution in [0.4, 0.5) is 5.69 Å². The van der Waals surface area contributed by atoms with E-state index in [2.05, 4.69) is 17.3 Å². The zero-order chi connectivity index (χ0) is 6.81. The van der Waals surface area contributed by atoms with E-state index in [1.54, 1.807) is 11.8 Å². The number of rotatable bonds is 0. The van der Waals surface area contributed by atoms with Gasteiger partial charge in [0.2, 0.25) is 0 Å². The largest absolute Gasteiger partial charge is 0.249 e. The second kappa shape index (κ2) is 2.46. The summed E-state index contributed by atoms with van der Waals surface area (Å²) in [4.78, 5) is 5.39. The molecule has 0 N–H and O–H groups in total. The number of thioether (sulfide) groups is 1. The van der Waals surface area contributed by atoms with E-state index in [4.69, 9.17) is 0 Å². The van der Waals surface area contributed by atoms with Crippen LogP contribution in [0.1, 0.15) is 0 Å². The Hall–Kier alpha value is -0.760. The van der Waals surface area contributed by atoms with Gasteiger partial charge in [-0.1, -0.05) is 12.1 Å². The van der Waals surface area contributed by atoms with Crippen LogP contribution in [0.2, 0.25) is 0 Å². The SMILES string of the molecule is [C]1=Nc2ccccc2SC1. The summed E-state index contributed by atoms with van der Waals surface area (Å²) >= 11 is 1.78. The number of benzene rings is 1. The molecule has 1 aliphatic rings. The molecule has 1 nitrogen and oxygen atoms in total. The van der Waals surface area contributed by atoms with Crippen molar-refractivity contribution in [3.8, 4) is 0 Å². The van der Waals surface area contributed by atoms with Crippen LogP contribution in [0.5, 0.6) is 0 Å². The van der Waals surface area contributed by atoms with Crippen molar-refractivity contribution in [1.29, 1.82) is 0 Å². The molecule has 0 fully saturated rings. The average Bonchev–Trinajstić information content (AvgIpc) is 2.05. The molecule has 1 radical (unpaired) electrons. The van der Waals surface area contributed by atoms with Crippen molar-refractivity contribution in [3.05, 3.63) is 24.3 Å². The molecule has 0 bridgehead atoms. The van der Waals surface area contributed by atoms with Crippen LogP contribution in [-0.4, -0.2) is 12.0 Å². The lowest BCUT2D eigenvalue weighted by molar-refractivity contribution is 1.36. The van der Waals surface area contributed by atoms with Crippen molar-refractivity contribution in [2.45, 2.75) is 4.90 Å². The minimum Gasteiger partial charge on any atom is -0.249 e. The number of hydrogen-bond donors (Lipinski definition) is 0. The van der Waals surface area contributed by atoms with Crippen molar-refractivity contribution in [1.82, 2.24) is 0 Å². The van der Waals surface area contributed by atoms with E-state index in [0.717, 1.165) is 11.4 Å². The first kappa shape index (κ1) is 5.98. The molecule has 0 saturated heterocycles. The van der Waals surface area contributed by atoms with Gasteiger partial charge in [0.25, 0.3) is 0 Å². The van der Waals surface area contributed by atoms with Crippen molar-refractivity contribution in [2.24, 2.45) is 4.99 Å². The Morgan fingerprint density at radius 2 is 2.30 bits per heavy atom. The highest BCUT2D eigenvalue weighted by atomic mass is 32.2. The fraction of sp³-hybridized carbons (Fsp3) is 0.125. The number of fused-ring (bicyclic) bond motifs is 1. The molecule has 2 rings (SSSR count). The molecular weight excluding hydrogens is 142 g/mol. The quantitative estimate of drug-likeness (QED) is 0.550. The molecule has 0 unspecified atom stereocenters. The molecule has 1 aromatic rings. The maximum Gasteiger partial charge on any atom is 0.0769 e. The zero-order valence-electron chi connectivity index (χ0n) is 5.37. The standard InChI is InChI=1S/C8H6NS/c1-2-4-8-7(3-1)9-5-6-10-8/h1-4H,6H2. The molecule has 0 spiro atoms. The summed E-state index contributed by atoms with van der Waals surface area (Å²) in [5.41, 5.74) is 1.05. The molecule has 0 aromatic heterocycles. The normalized spacial score (nSPS) is 14.8. The van der Waals surface area contributed by atoms with Crippen LogP contribution in [0.3, 0.4) is 0 Å². The lowest BCUT2D eigenvalue weighted by Crippen LogP contribution is -1.86. The van der Waals surface area contributed by atoms with E-state index in [9.17, 15) is 0 Å². The maximum absolute atomic E-state index is 4.12. The fourth-order valence-corrected chi connectivity index (χ4v) is 1.62. The van der Waals surface area contributed by atoms with E-state index >= 15 is 0 Å². The van der Waals surface area contributed by atoms with Gasteiger partial charge in [0.1, 0.15) is 0 Å². The number of aliphatic imine (C=N–C) groups is 1. The number of para-hydroxylation sites is 1. The van der Waals surface area contributed by atoms with Crippen molar-refractivity contribution >= 4 is 23.7 Å². The van der Waals surface area contributed by atoms with Gasteiger partial charge >= 0.3 is 0 Å². The Balaban J connectivity index is 2.54. The predicted octanol–water partition coefficient (Wildman–Crippen LogP) is 2.37. The van der Waals surface area contributed by atoms with Crippen LogP contribution in [0.25, 0.3) is 0 Å². The van der Waals surface area contributed by atoms with Crippen molar-refractivity contribution in [3.63, 3.8) is 0 Å². The third-order valence-electron chi connectivity index (χ3n) is 1.36. The Morgan fingerprint density at radius 3 is 3.20 bits per heavy atom. The Kier molecular flexibility index (Phi) is 1.47. The highest BCUT2D eigenvalue weighted by Gasteiger charge is 2.02. The smallest absolute Gasteiger partial charge is 0.0769 e. The zero-order valence-corrected chi connectivity index (χ0v) is 6.19. The lowest BCUT2D eigenvalue weighted by Gasteiger charge is -2.05. The molecule has 2 heteroatoms. The van der Waals surface area contributed by atoms with Gasteiger partial charge in [-0.2, -0.15) is 0 Å². The number of hydrogen-bond acceptors (Lipinski definition) is 2. The summed E-state index contributed by atoms with van der Waals surface area (Å²) in [7, 11) is 0. The highest BCUT2D eigenvalue weighted by Crippen LogP contribution is 2.31. The molecule has 1 heterocycles. The van der Waals surface area contributed by atoms with Gasteiger partial charge in [0.05, 0.1) is 11.9 Å². The summed E-state index contributed by atoms with van der Waals surface area (Å²) in [6.45, 7) is 0. The molecule has 1 aromatic carbocycles. The van der Waals surface area contributed by atoms with E-state index in [1.165, 1.54) is 4.90 Å². The van der Waals surface area contributed by atoms with E-state index in [0.29, 0.717) is 0 Å².